The van der Waals surface area contributed by atoms with Crippen molar-refractivity contribution in [2.75, 3.05) is 25.0 Å². The lowest BCUT2D eigenvalue weighted by Gasteiger charge is -2.22. The Morgan fingerprint density at radius 1 is 1.32 bits per heavy atom. The van der Waals surface area contributed by atoms with E-state index in [4.69, 9.17) is 11.6 Å². The van der Waals surface area contributed by atoms with Crippen molar-refractivity contribution in [2.24, 2.45) is 0 Å². The number of carbonyl (C=O) groups is 2. The van der Waals surface area contributed by atoms with Crippen molar-refractivity contribution in [1.82, 2.24) is 20.4 Å². The zero-order valence-corrected chi connectivity index (χ0v) is 17.3. The Bertz CT molecular complexity index is 818. The van der Waals surface area contributed by atoms with Crippen LogP contribution in [0.15, 0.2) is 30.5 Å². The monoisotopic (exact) mass is 425 g/mol. The van der Waals surface area contributed by atoms with Crippen LogP contribution in [0.4, 0.5) is 5.69 Å². The van der Waals surface area contributed by atoms with Crippen LogP contribution in [0, 0.1) is 0 Å². The van der Waals surface area contributed by atoms with E-state index < -0.39 is 0 Å². The molecule has 2 aromatic rings. The third kappa shape index (κ3) is 5.47. The number of halogens is 2. The first kappa shape index (κ1) is 22.2. The van der Waals surface area contributed by atoms with Crippen LogP contribution in [0.1, 0.15) is 53.1 Å². The van der Waals surface area contributed by atoms with Gasteiger partial charge in [0.15, 0.2) is 5.69 Å². The van der Waals surface area contributed by atoms with Crippen molar-refractivity contribution in [3.8, 4) is 0 Å². The van der Waals surface area contributed by atoms with Gasteiger partial charge in [0, 0.05) is 24.3 Å². The molecule has 0 radical (unpaired) electrons. The minimum atomic E-state index is -0.371. The standard InChI is InChI=1S/C19H24ClN5O2.ClH/c1-2-8-22-18(26)15-6-5-13(20)11-17(15)23-19(27)16-7-10-25(24-16)14-4-3-9-21-12-14;/h5-7,10-11,14,21H,2-4,8-9,12H2,1H3,(H,22,26)(H,23,27);1H. The number of amides is 2. The van der Waals surface area contributed by atoms with Crippen molar-refractivity contribution in [3.05, 3.63) is 46.7 Å². The number of aromatic nitrogens is 2. The third-order valence-corrected chi connectivity index (χ3v) is 4.73. The largest absolute Gasteiger partial charge is 0.352 e. The molecule has 3 rings (SSSR count). The highest BCUT2D eigenvalue weighted by atomic mass is 35.5. The maximum atomic E-state index is 12.6. The molecule has 9 heteroatoms. The highest BCUT2D eigenvalue weighted by molar-refractivity contribution is 6.31. The van der Waals surface area contributed by atoms with Crippen LogP contribution >= 0.6 is 24.0 Å². The quantitative estimate of drug-likeness (QED) is 0.662. The van der Waals surface area contributed by atoms with Gasteiger partial charge in [-0.1, -0.05) is 18.5 Å². The summed E-state index contributed by atoms with van der Waals surface area (Å²) in [6.07, 6.45) is 4.77. The van der Waals surface area contributed by atoms with E-state index in [9.17, 15) is 9.59 Å². The summed E-state index contributed by atoms with van der Waals surface area (Å²) in [6.45, 7) is 4.40. The molecule has 1 atom stereocenters. The summed E-state index contributed by atoms with van der Waals surface area (Å²) in [5.41, 5.74) is 1.05. The van der Waals surface area contributed by atoms with Gasteiger partial charge >= 0.3 is 0 Å². The summed E-state index contributed by atoms with van der Waals surface area (Å²) in [7, 11) is 0. The minimum absolute atomic E-state index is 0. The molecule has 0 aliphatic carbocycles. The number of rotatable bonds is 6. The molecule has 152 valence electrons. The number of nitrogens with zero attached hydrogens (tertiary/aromatic N) is 2. The van der Waals surface area contributed by atoms with E-state index in [0.717, 1.165) is 32.4 Å². The van der Waals surface area contributed by atoms with E-state index in [2.05, 4.69) is 21.0 Å². The van der Waals surface area contributed by atoms with Crippen LogP contribution in [-0.4, -0.2) is 41.2 Å². The number of piperidine rings is 1. The first-order valence-corrected chi connectivity index (χ1v) is 9.61. The topological polar surface area (TPSA) is 88.0 Å². The summed E-state index contributed by atoms with van der Waals surface area (Å²) in [5.74, 6) is -0.619. The van der Waals surface area contributed by atoms with Crippen molar-refractivity contribution in [3.63, 3.8) is 0 Å². The van der Waals surface area contributed by atoms with Gasteiger partial charge in [-0.15, -0.1) is 12.4 Å². The maximum Gasteiger partial charge on any atom is 0.276 e. The lowest BCUT2D eigenvalue weighted by molar-refractivity contribution is 0.0954. The Morgan fingerprint density at radius 2 is 2.14 bits per heavy atom. The van der Waals surface area contributed by atoms with Gasteiger partial charge in [-0.25, -0.2) is 0 Å². The van der Waals surface area contributed by atoms with Crippen LogP contribution in [0.3, 0.4) is 0 Å². The van der Waals surface area contributed by atoms with E-state index in [-0.39, 0.29) is 30.3 Å². The Morgan fingerprint density at radius 3 is 2.86 bits per heavy atom. The summed E-state index contributed by atoms with van der Waals surface area (Å²) < 4.78 is 1.83. The fraction of sp³-hybridized carbons (Fsp3) is 0.421. The second-order valence-corrected chi connectivity index (χ2v) is 7.02. The van der Waals surface area contributed by atoms with Crippen LogP contribution in [0.2, 0.25) is 5.02 Å². The van der Waals surface area contributed by atoms with Gasteiger partial charge in [0.1, 0.15) is 0 Å². The smallest absolute Gasteiger partial charge is 0.276 e. The molecule has 0 saturated carbocycles. The van der Waals surface area contributed by atoms with E-state index in [1.54, 1.807) is 24.3 Å². The average Bonchev–Trinajstić information content (AvgIpc) is 3.17. The van der Waals surface area contributed by atoms with Gasteiger partial charge in [0.2, 0.25) is 0 Å². The molecule has 1 unspecified atom stereocenters. The summed E-state index contributed by atoms with van der Waals surface area (Å²) >= 11 is 6.05. The molecular weight excluding hydrogens is 401 g/mol. The van der Waals surface area contributed by atoms with Crippen LogP contribution in [0.25, 0.3) is 0 Å². The number of carbonyl (C=O) groups excluding carboxylic acids is 2. The Balaban J connectivity index is 0.00000280. The molecule has 3 N–H and O–H groups in total. The van der Waals surface area contributed by atoms with Crippen molar-refractivity contribution >= 4 is 41.5 Å². The molecule has 0 bridgehead atoms. The van der Waals surface area contributed by atoms with Gasteiger partial charge in [-0.05, 0) is 50.1 Å². The SMILES string of the molecule is CCCNC(=O)c1ccc(Cl)cc1NC(=O)c1ccn(C2CCCNC2)n1.Cl. The molecule has 2 heterocycles. The van der Waals surface area contributed by atoms with E-state index >= 15 is 0 Å². The van der Waals surface area contributed by atoms with Crippen molar-refractivity contribution < 1.29 is 9.59 Å². The maximum absolute atomic E-state index is 12.6. The van der Waals surface area contributed by atoms with Gasteiger partial charge in [-0.2, -0.15) is 5.10 Å². The molecule has 1 aliphatic heterocycles. The van der Waals surface area contributed by atoms with Crippen molar-refractivity contribution in [1.29, 1.82) is 0 Å². The molecule has 1 aliphatic rings. The molecular formula is C19H25Cl2N5O2. The lowest BCUT2D eigenvalue weighted by atomic mass is 10.1. The summed E-state index contributed by atoms with van der Waals surface area (Å²) in [6, 6.07) is 6.74. The second kappa shape index (κ2) is 10.5. The highest BCUT2D eigenvalue weighted by Gasteiger charge is 2.19. The van der Waals surface area contributed by atoms with Gasteiger partial charge in [-0.3, -0.25) is 14.3 Å². The predicted octanol–water partition coefficient (Wildman–Crippen LogP) is 3.27. The Labute approximate surface area is 175 Å². The number of benzene rings is 1. The normalized spacial score (nSPS) is 16.1. The molecule has 0 spiro atoms. The Kier molecular flexibility index (Phi) is 8.29. The number of hydrogen-bond donors (Lipinski definition) is 3. The van der Waals surface area contributed by atoms with E-state index in [0.29, 0.717) is 28.5 Å². The molecule has 2 amide bonds. The fourth-order valence-electron chi connectivity index (χ4n) is 3.06. The van der Waals surface area contributed by atoms with Crippen molar-refractivity contribution in [2.45, 2.75) is 32.2 Å². The van der Waals surface area contributed by atoms with Gasteiger partial charge in [0.05, 0.1) is 17.3 Å². The molecule has 28 heavy (non-hydrogen) atoms. The van der Waals surface area contributed by atoms with Crippen LogP contribution < -0.4 is 16.0 Å². The van der Waals surface area contributed by atoms with E-state index in [1.807, 2.05) is 17.8 Å². The number of anilines is 1. The fourth-order valence-corrected chi connectivity index (χ4v) is 3.23. The molecule has 1 aromatic heterocycles. The van der Waals surface area contributed by atoms with E-state index in [1.165, 1.54) is 0 Å². The number of hydrogen-bond acceptors (Lipinski definition) is 4. The third-order valence-electron chi connectivity index (χ3n) is 4.50. The highest BCUT2D eigenvalue weighted by Crippen LogP contribution is 2.22. The predicted molar refractivity (Wildman–Crippen MR) is 113 cm³/mol. The average molecular weight is 426 g/mol. The van der Waals surface area contributed by atoms with Crippen LogP contribution in [-0.2, 0) is 0 Å². The molecule has 7 nitrogen and oxygen atoms in total. The first-order valence-electron chi connectivity index (χ1n) is 9.23. The zero-order valence-electron chi connectivity index (χ0n) is 15.7. The zero-order chi connectivity index (χ0) is 19.2. The molecule has 1 aromatic carbocycles. The summed E-state index contributed by atoms with van der Waals surface area (Å²) in [4.78, 5) is 25.0. The number of nitrogens with one attached hydrogen (secondary N) is 3. The first-order chi connectivity index (χ1) is 13.1. The lowest BCUT2D eigenvalue weighted by Crippen LogP contribution is -2.32. The molecule has 1 fully saturated rings. The van der Waals surface area contributed by atoms with Gasteiger partial charge < -0.3 is 16.0 Å². The van der Waals surface area contributed by atoms with Gasteiger partial charge in [0.25, 0.3) is 11.8 Å². The second-order valence-electron chi connectivity index (χ2n) is 6.58. The Hall–Kier alpha value is -2.09. The molecule has 1 saturated heterocycles. The van der Waals surface area contributed by atoms with Crippen LogP contribution in [0.5, 0.6) is 0 Å². The summed E-state index contributed by atoms with van der Waals surface area (Å²) in [5, 5.41) is 13.8. The minimum Gasteiger partial charge on any atom is -0.352 e.